The summed E-state index contributed by atoms with van der Waals surface area (Å²) in [4.78, 5) is 16.7. The highest BCUT2D eigenvalue weighted by Gasteiger charge is 2.25. The van der Waals surface area contributed by atoms with Crippen LogP contribution in [-0.2, 0) is 4.79 Å². The predicted molar refractivity (Wildman–Crippen MR) is 87.8 cm³/mol. The molecule has 0 aromatic carbocycles. The molecule has 20 heavy (non-hydrogen) atoms. The molecule has 1 heterocycles. The van der Waals surface area contributed by atoms with E-state index in [9.17, 15) is 4.79 Å². The molecule has 1 saturated heterocycles. The fourth-order valence-electron chi connectivity index (χ4n) is 2.80. The minimum atomic E-state index is 0.301. The molecular weight excluding hydrogens is 270 g/mol. The second kappa shape index (κ2) is 9.64. The number of rotatable bonds is 8. The van der Waals surface area contributed by atoms with Crippen LogP contribution in [0.2, 0.25) is 0 Å². The maximum atomic E-state index is 12.1. The maximum absolute atomic E-state index is 12.1. The van der Waals surface area contributed by atoms with Gasteiger partial charge in [-0.15, -0.1) is 0 Å². The Morgan fingerprint density at radius 1 is 1.40 bits per heavy atom. The topological polar surface area (TPSA) is 35.6 Å². The van der Waals surface area contributed by atoms with Crippen LogP contribution in [0.5, 0.6) is 0 Å². The molecular formula is C15H31N3OS. The number of nitrogens with one attached hydrogen (secondary N) is 1. The van der Waals surface area contributed by atoms with Gasteiger partial charge in [0.05, 0.1) is 0 Å². The Morgan fingerprint density at radius 3 is 2.60 bits per heavy atom. The quantitative estimate of drug-likeness (QED) is 0.551. The molecule has 4 nitrogen and oxygen atoms in total. The minimum absolute atomic E-state index is 0.301. The number of amides is 1. The van der Waals surface area contributed by atoms with Crippen LogP contribution in [0.1, 0.15) is 39.5 Å². The third-order valence-corrected chi connectivity index (χ3v) is 4.43. The first-order valence-electron chi connectivity index (χ1n) is 7.78. The number of carbonyl (C=O) groups excluding carboxylic acids is 1. The minimum Gasteiger partial charge on any atom is -0.343 e. The summed E-state index contributed by atoms with van der Waals surface area (Å²) in [5, 5.41) is 0. The van der Waals surface area contributed by atoms with E-state index in [4.69, 9.17) is 0 Å². The van der Waals surface area contributed by atoms with Crippen LogP contribution in [0.3, 0.4) is 0 Å². The Balaban J connectivity index is 2.24. The van der Waals surface area contributed by atoms with E-state index in [1.54, 1.807) is 11.9 Å². The number of carbonyl (C=O) groups is 1. The van der Waals surface area contributed by atoms with Gasteiger partial charge in [0.2, 0.25) is 5.91 Å². The molecule has 0 aromatic rings. The van der Waals surface area contributed by atoms with Gasteiger partial charge in [-0.25, -0.2) is 0 Å². The van der Waals surface area contributed by atoms with Gasteiger partial charge in [0.15, 0.2) is 0 Å². The zero-order valence-electron chi connectivity index (χ0n) is 13.5. The molecule has 0 radical (unpaired) electrons. The van der Waals surface area contributed by atoms with Crippen LogP contribution >= 0.6 is 11.9 Å². The second-order valence-electron chi connectivity index (χ2n) is 6.13. The summed E-state index contributed by atoms with van der Waals surface area (Å²) in [5.74, 6) is 1.03. The van der Waals surface area contributed by atoms with Gasteiger partial charge in [0.1, 0.15) is 0 Å². The average Bonchev–Trinajstić information content (AvgIpc) is 2.43. The summed E-state index contributed by atoms with van der Waals surface area (Å²) in [6, 6.07) is 0.444. The smallest absolute Gasteiger partial charge is 0.222 e. The van der Waals surface area contributed by atoms with Crippen molar-refractivity contribution in [2.45, 2.75) is 45.6 Å². The number of nitrogens with zero attached hydrogens (tertiary/aromatic N) is 2. The molecule has 118 valence electrons. The summed E-state index contributed by atoms with van der Waals surface area (Å²) in [6.07, 6.45) is 5.85. The lowest BCUT2D eigenvalue weighted by Crippen LogP contribution is -2.46. The molecule has 0 spiro atoms. The van der Waals surface area contributed by atoms with Crippen molar-refractivity contribution in [2.75, 3.05) is 39.5 Å². The zero-order chi connectivity index (χ0) is 15.0. The average molecular weight is 302 g/mol. The Kier molecular flexibility index (Phi) is 8.57. The van der Waals surface area contributed by atoms with Crippen molar-refractivity contribution in [2.24, 2.45) is 5.92 Å². The lowest BCUT2D eigenvalue weighted by molar-refractivity contribution is -0.132. The largest absolute Gasteiger partial charge is 0.343 e. The molecule has 1 amide bonds. The van der Waals surface area contributed by atoms with Gasteiger partial charge in [0.25, 0.3) is 0 Å². The molecule has 0 atom stereocenters. The second-order valence-corrected chi connectivity index (χ2v) is 6.83. The first kappa shape index (κ1) is 17.8. The van der Waals surface area contributed by atoms with E-state index in [0.29, 0.717) is 18.4 Å². The fraction of sp³-hybridized carbons (Fsp3) is 0.933. The Hall–Kier alpha value is -0.260. The monoisotopic (exact) mass is 301 g/mol. The molecule has 1 aliphatic heterocycles. The first-order chi connectivity index (χ1) is 9.54. The number of hydrogen-bond acceptors (Lipinski definition) is 4. The van der Waals surface area contributed by atoms with Crippen LogP contribution in [0.15, 0.2) is 0 Å². The molecule has 5 heteroatoms. The molecule has 0 aromatic heterocycles. The molecule has 0 saturated carbocycles. The van der Waals surface area contributed by atoms with Crippen molar-refractivity contribution >= 4 is 17.9 Å². The number of hydrogen-bond donors (Lipinski definition) is 1. The van der Waals surface area contributed by atoms with Gasteiger partial charge in [-0.1, -0.05) is 25.8 Å². The van der Waals surface area contributed by atoms with E-state index in [0.717, 1.165) is 44.8 Å². The molecule has 1 N–H and O–H groups in total. The Morgan fingerprint density at radius 2 is 2.05 bits per heavy atom. The van der Waals surface area contributed by atoms with E-state index < -0.39 is 0 Å². The van der Waals surface area contributed by atoms with E-state index in [1.165, 1.54) is 6.54 Å². The molecule has 1 rings (SSSR count). The van der Waals surface area contributed by atoms with E-state index >= 15 is 0 Å². The predicted octanol–water partition coefficient (Wildman–Crippen LogP) is 2.21. The van der Waals surface area contributed by atoms with Crippen molar-refractivity contribution in [3.63, 3.8) is 0 Å². The van der Waals surface area contributed by atoms with Crippen LogP contribution in [0, 0.1) is 5.92 Å². The van der Waals surface area contributed by atoms with Gasteiger partial charge >= 0.3 is 0 Å². The van der Waals surface area contributed by atoms with E-state index in [2.05, 4.69) is 23.5 Å². The van der Waals surface area contributed by atoms with Crippen molar-refractivity contribution in [1.29, 1.82) is 0 Å². The highest BCUT2D eigenvalue weighted by Crippen LogP contribution is 2.17. The van der Waals surface area contributed by atoms with Crippen molar-refractivity contribution in [3.05, 3.63) is 0 Å². The van der Waals surface area contributed by atoms with Crippen LogP contribution in [0.25, 0.3) is 0 Å². The van der Waals surface area contributed by atoms with Gasteiger partial charge in [-0.05, 0) is 31.4 Å². The Bertz CT molecular complexity index is 278. The molecule has 1 fully saturated rings. The number of likely N-dealkylation sites (tertiary alicyclic amines) is 1. The summed E-state index contributed by atoms with van der Waals surface area (Å²) in [5.41, 5.74) is 0. The van der Waals surface area contributed by atoms with Crippen molar-refractivity contribution < 1.29 is 4.79 Å². The summed E-state index contributed by atoms with van der Waals surface area (Å²) in [7, 11) is 1.98. The van der Waals surface area contributed by atoms with Crippen LogP contribution in [0.4, 0.5) is 0 Å². The normalized spacial score (nSPS) is 17.6. The SMILES string of the molecule is CSNCCCC(=O)N(C)C1CCN(CC(C)C)CC1. The zero-order valence-corrected chi connectivity index (χ0v) is 14.3. The highest BCUT2D eigenvalue weighted by atomic mass is 32.2. The van der Waals surface area contributed by atoms with Crippen molar-refractivity contribution in [1.82, 2.24) is 14.5 Å². The van der Waals surface area contributed by atoms with Crippen LogP contribution < -0.4 is 4.72 Å². The standard InChI is InChI=1S/C15H31N3OS/c1-13(2)12-18-10-7-14(8-11-18)17(3)15(19)6-5-9-16-20-4/h13-14,16H,5-12H2,1-4H3. The first-order valence-corrected chi connectivity index (χ1v) is 9.01. The molecule has 0 unspecified atom stereocenters. The molecule has 0 bridgehead atoms. The highest BCUT2D eigenvalue weighted by molar-refractivity contribution is 7.96. The third kappa shape index (κ3) is 6.46. The Labute approximate surface area is 128 Å². The van der Waals surface area contributed by atoms with E-state index in [-0.39, 0.29) is 0 Å². The van der Waals surface area contributed by atoms with Crippen molar-refractivity contribution in [3.8, 4) is 0 Å². The fourth-order valence-corrected chi connectivity index (χ4v) is 3.15. The summed E-state index contributed by atoms with van der Waals surface area (Å²) in [6.45, 7) is 8.90. The molecule has 1 aliphatic rings. The van der Waals surface area contributed by atoms with Crippen LogP contribution in [-0.4, -0.2) is 61.2 Å². The maximum Gasteiger partial charge on any atom is 0.222 e. The summed E-state index contributed by atoms with van der Waals surface area (Å²) >= 11 is 1.61. The van der Waals surface area contributed by atoms with E-state index in [1.807, 2.05) is 18.2 Å². The summed E-state index contributed by atoms with van der Waals surface area (Å²) < 4.78 is 3.19. The number of piperidine rings is 1. The lowest BCUT2D eigenvalue weighted by Gasteiger charge is -2.37. The third-order valence-electron chi connectivity index (χ3n) is 3.94. The lowest BCUT2D eigenvalue weighted by atomic mass is 10.0. The van der Waals surface area contributed by atoms with Gasteiger partial charge < -0.3 is 9.80 Å². The van der Waals surface area contributed by atoms with Gasteiger partial charge in [-0.2, -0.15) is 0 Å². The van der Waals surface area contributed by atoms with Gasteiger partial charge in [0, 0.05) is 45.7 Å². The molecule has 0 aliphatic carbocycles. The van der Waals surface area contributed by atoms with Gasteiger partial charge in [-0.3, -0.25) is 9.52 Å².